The lowest BCUT2D eigenvalue weighted by Crippen LogP contribution is -2.43. The molecule has 2 aliphatic rings. The van der Waals surface area contributed by atoms with Gasteiger partial charge in [-0.05, 0) is 63.6 Å². The third-order valence-electron chi connectivity index (χ3n) is 5.31. The summed E-state index contributed by atoms with van der Waals surface area (Å²) in [5, 5.41) is 6.62. The molecule has 0 aliphatic carbocycles. The van der Waals surface area contributed by atoms with Crippen LogP contribution in [0.4, 0.5) is 0 Å². The Balaban J connectivity index is 1.53. The van der Waals surface area contributed by atoms with Crippen molar-refractivity contribution in [1.82, 2.24) is 10.6 Å². The SMILES string of the molecule is Cc1ccc(C2OCCCC2NC(=O)CCC2CCNCC2)cc1. The van der Waals surface area contributed by atoms with Crippen molar-refractivity contribution in [2.75, 3.05) is 19.7 Å². The molecular weight excluding hydrogens is 300 g/mol. The lowest BCUT2D eigenvalue weighted by atomic mass is 9.92. The van der Waals surface area contributed by atoms with Gasteiger partial charge in [0, 0.05) is 13.0 Å². The van der Waals surface area contributed by atoms with E-state index in [0.717, 1.165) is 39.0 Å². The van der Waals surface area contributed by atoms with Gasteiger partial charge in [-0.3, -0.25) is 4.79 Å². The zero-order valence-corrected chi connectivity index (χ0v) is 14.7. The number of carbonyl (C=O) groups excluding carboxylic acids is 1. The molecule has 2 aliphatic heterocycles. The number of hydrogen-bond donors (Lipinski definition) is 2. The Morgan fingerprint density at radius 3 is 2.71 bits per heavy atom. The molecule has 0 bridgehead atoms. The average molecular weight is 330 g/mol. The van der Waals surface area contributed by atoms with Gasteiger partial charge in [0.2, 0.25) is 5.91 Å². The predicted molar refractivity (Wildman–Crippen MR) is 95.9 cm³/mol. The van der Waals surface area contributed by atoms with Crippen LogP contribution < -0.4 is 10.6 Å². The van der Waals surface area contributed by atoms with Crippen LogP contribution in [0.5, 0.6) is 0 Å². The quantitative estimate of drug-likeness (QED) is 0.872. The Kier molecular flexibility index (Phi) is 6.27. The lowest BCUT2D eigenvalue weighted by molar-refractivity contribution is -0.124. The van der Waals surface area contributed by atoms with E-state index in [9.17, 15) is 4.79 Å². The maximum Gasteiger partial charge on any atom is 0.220 e. The zero-order valence-electron chi connectivity index (χ0n) is 14.7. The fourth-order valence-corrected chi connectivity index (χ4v) is 3.80. The summed E-state index contributed by atoms with van der Waals surface area (Å²) in [7, 11) is 0. The minimum atomic E-state index is -0.0119. The summed E-state index contributed by atoms with van der Waals surface area (Å²) < 4.78 is 5.99. The first-order valence-electron chi connectivity index (χ1n) is 9.40. The molecule has 2 saturated heterocycles. The number of benzene rings is 1. The van der Waals surface area contributed by atoms with Crippen LogP contribution >= 0.6 is 0 Å². The molecule has 2 heterocycles. The molecule has 0 radical (unpaired) electrons. The first-order valence-corrected chi connectivity index (χ1v) is 9.40. The topological polar surface area (TPSA) is 50.4 Å². The summed E-state index contributed by atoms with van der Waals surface area (Å²) in [5.41, 5.74) is 2.42. The van der Waals surface area contributed by atoms with Gasteiger partial charge in [0.05, 0.1) is 6.04 Å². The Morgan fingerprint density at radius 2 is 1.96 bits per heavy atom. The van der Waals surface area contributed by atoms with E-state index in [1.165, 1.54) is 24.0 Å². The van der Waals surface area contributed by atoms with Gasteiger partial charge in [-0.1, -0.05) is 29.8 Å². The Labute approximate surface area is 145 Å². The molecule has 1 amide bonds. The minimum absolute atomic E-state index is 0.0119. The molecule has 1 aromatic rings. The van der Waals surface area contributed by atoms with Gasteiger partial charge >= 0.3 is 0 Å². The monoisotopic (exact) mass is 330 g/mol. The number of carbonyl (C=O) groups is 1. The van der Waals surface area contributed by atoms with Gasteiger partial charge < -0.3 is 15.4 Å². The molecule has 0 spiro atoms. The molecule has 4 heteroatoms. The number of aryl methyl sites for hydroxylation is 1. The summed E-state index contributed by atoms with van der Waals surface area (Å²) in [4.78, 5) is 12.4. The predicted octanol–water partition coefficient (Wildman–Crippen LogP) is 3.11. The van der Waals surface area contributed by atoms with Crippen LogP contribution in [-0.4, -0.2) is 31.6 Å². The van der Waals surface area contributed by atoms with Crippen molar-refractivity contribution in [2.45, 2.75) is 57.6 Å². The molecule has 132 valence electrons. The van der Waals surface area contributed by atoms with Crippen LogP contribution in [0.25, 0.3) is 0 Å². The molecule has 24 heavy (non-hydrogen) atoms. The molecule has 2 N–H and O–H groups in total. The third-order valence-corrected chi connectivity index (χ3v) is 5.31. The lowest BCUT2D eigenvalue weighted by Gasteiger charge is -2.33. The number of amides is 1. The number of hydrogen-bond acceptors (Lipinski definition) is 3. The van der Waals surface area contributed by atoms with Crippen LogP contribution in [0, 0.1) is 12.8 Å². The fraction of sp³-hybridized carbons (Fsp3) is 0.650. The number of ether oxygens (including phenoxy) is 1. The van der Waals surface area contributed by atoms with Crippen molar-refractivity contribution in [3.8, 4) is 0 Å². The Hall–Kier alpha value is -1.39. The van der Waals surface area contributed by atoms with Crippen molar-refractivity contribution in [3.05, 3.63) is 35.4 Å². The summed E-state index contributed by atoms with van der Waals surface area (Å²) in [6.45, 7) is 5.06. The first-order chi connectivity index (χ1) is 11.7. The number of rotatable bonds is 5. The van der Waals surface area contributed by atoms with Gasteiger partial charge in [-0.2, -0.15) is 0 Å². The van der Waals surface area contributed by atoms with Crippen molar-refractivity contribution in [3.63, 3.8) is 0 Å². The highest BCUT2D eigenvalue weighted by Crippen LogP contribution is 2.29. The minimum Gasteiger partial charge on any atom is -0.371 e. The van der Waals surface area contributed by atoms with Crippen LogP contribution in [0.3, 0.4) is 0 Å². The summed E-state index contributed by atoms with van der Waals surface area (Å²) in [5.74, 6) is 0.883. The molecule has 2 fully saturated rings. The molecular formula is C20H30N2O2. The summed E-state index contributed by atoms with van der Waals surface area (Å²) >= 11 is 0. The molecule has 1 aromatic carbocycles. The van der Waals surface area contributed by atoms with Gasteiger partial charge in [-0.15, -0.1) is 0 Å². The second kappa shape index (κ2) is 8.63. The summed E-state index contributed by atoms with van der Waals surface area (Å²) in [6, 6.07) is 8.58. The first kappa shape index (κ1) is 17.4. The highest BCUT2D eigenvalue weighted by Gasteiger charge is 2.28. The van der Waals surface area contributed by atoms with E-state index < -0.39 is 0 Å². The van der Waals surface area contributed by atoms with Crippen LogP contribution in [0.2, 0.25) is 0 Å². The van der Waals surface area contributed by atoms with Gasteiger partial charge in [-0.25, -0.2) is 0 Å². The van der Waals surface area contributed by atoms with E-state index in [1.54, 1.807) is 0 Å². The van der Waals surface area contributed by atoms with E-state index in [4.69, 9.17) is 4.74 Å². The van der Waals surface area contributed by atoms with Crippen molar-refractivity contribution >= 4 is 5.91 Å². The highest BCUT2D eigenvalue weighted by molar-refractivity contribution is 5.76. The van der Waals surface area contributed by atoms with E-state index in [2.05, 4.69) is 41.8 Å². The normalized spacial score (nSPS) is 25.4. The second-order valence-electron chi connectivity index (χ2n) is 7.25. The van der Waals surface area contributed by atoms with Gasteiger partial charge in [0.25, 0.3) is 0 Å². The maximum atomic E-state index is 12.4. The maximum absolute atomic E-state index is 12.4. The second-order valence-corrected chi connectivity index (χ2v) is 7.25. The van der Waals surface area contributed by atoms with Crippen LogP contribution in [0.15, 0.2) is 24.3 Å². The van der Waals surface area contributed by atoms with E-state index in [0.29, 0.717) is 12.3 Å². The number of nitrogens with one attached hydrogen (secondary N) is 2. The zero-order chi connectivity index (χ0) is 16.8. The molecule has 3 rings (SSSR count). The molecule has 4 nitrogen and oxygen atoms in total. The standard InChI is InChI=1S/C20H30N2O2/c1-15-4-7-17(8-5-15)20-18(3-2-14-24-20)22-19(23)9-6-16-10-12-21-13-11-16/h4-5,7-8,16,18,20-21H,2-3,6,9-14H2,1H3,(H,22,23). The van der Waals surface area contributed by atoms with Crippen LogP contribution in [0.1, 0.15) is 55.8 Å². The van der Waals surface area contributed by atoms with Crippen molar-refractivity contribution in [2.24, 2.45) is 5.92 Å². The Bertz CT molecular complexity index is 523. The van der Waals surface area contributed by atoms with Gasteiger partial charge in [0.1, 0.15) is 6.10 Å². The molecule has 0 aromatic heterocycles. The van der Waals surface area contributed by atoms with Crippen molar-refractivity contribution < 1.29 is 9.53 Å². The third kappa shape index (κ3) is 4.81. The molecule has 2 unspecified atom stereocenters. The highest BCUT2D eigenvalue weighted by atomic mass is 16.5. The average Bonchev–Trinajstić information content (AvgIpc) is 2.62. The smallest absolute Gasteiger partial charge is 0.220 e. The molecule has 2 atom stereocenters. The van der Waals surface area contributed by atoms with Crippen LogP contribution in [-0.2, 0) is 9.53 Å². The Morgan fingerprint density at radius 1 is 1.21 bits per heavy atom. The molecule has 0 saturated carbocycles. The van der Waals surface area contributed by atoms with E-state index >= 15 is 0 Å². The van der Waals surface area contributed by atoms with E-state index in [-0.39, 0.29) is 18.1 Å². The van der Waals surface area contributed by atoms with E-state index in [1.807, 2.05) is 0 Å². The van der Waals surface area contributed by atoms with Crippen molar-refractivity contribution in [1.29, 1.82) is 0 Å². The number of piperidine rings is 1. The van der Waals surface area contributed by atoms with Gasteiger partial charge in [0.15, 0.2) is 0 Å². The fourth-order valence-electron chi connectivity index (χ4n) is 3.80. The summed E-state index contributed by atoms with van der Waals surface area (Å²) in [6.07, 6.45) is 6.05. The largest absolute Gasteiger partial charge is 0.371 e.